The van der Waals surface area contributed by atoms with Gasteiger partial charge in [-0.3, -0.25) is 19.5 Å². The Balaban J connectivity index is 1.38. The van der Waals surface area contributed by atoms with E-state index in [-0.39, 0.29) is 17.8 Å². The molecule has 1 aromatic carbocycles. The van der Waals surface area contributed by atoms with Crippen LogP contribution in [0.4, 0.5) is 21.2 Å². The van der Waals surface area contributed by atoms with Gasteiger partial charge in [-0.1, -0.05) is 0 Å². The Hall–Kier alpha value is -3.72. The zero-order valence-corrected chi connectivity index (χ0v) is 18.7. The highest BCUT2D eigenvalue weighted by atomic mass is 32.1. The van der Waals surface area contributed by atoms with Crippen molar-refractivity contribution in [3.8, 4) is 0 Å². The predicted molar refractivity (Wildman–Crippen MR) is 128 cm³/mol. The third-order valence-corrected chi connectivity index (χ3v) is 7.05. The molecule has 33 heavy (non-hydrogen) atoms. The molecule has 1 aliphatic carbocycles. The van der Waals surface area contributed by atoms with E-state index in [1.54, 1.807) is 35.4 Å². The van der Waals surface area contributed by atoms with Crippen LogP contribution in [0.2, 0.25) is 0 Å². The molecule has 9 heteroatoms. The first-order chi connectivity index (χ1) is 16.1. The van der Waals surface area contributed by atoms with Crippen molar-refractivity contribution in [2.75, 3.05) is 28.6 Å². The summed E-state index contributed by atoms with van der Waals surface area (Å²) in [7, 11) is 0. The third kappa shape index (κ3) is 4.31. The smallest absolute Gasteiger partial charge is 0.321 e. The fourth-order valence-corrected chi connectivity index (χ4v) is 5.48. The molecular formula is C24H23N5O3S. The van der Waals surface area contributed by atoms with Gasteiger partial charge < -0.3 is 16.0 Å². The number of carbonyl (C=O) groups excluding carboxylic acids is 3. The second-order valence-corrected chi connectivity index (χ2v) is 9.10. The Bertz CT molecular complexity index is 1210. The summed E-state index contributed by atoms with van der Waals surface area (Å²) in [6.45, 7) is 1.24. The number of nitrogens with zero attached hydrogens (tertiary/aromatic N) is 2. The highest BCUT2D eigenvalue weighted by molar-refractivity contribution is 7.17. The van der Waals surface area contributed by atoms with E-state index in [1.807, 2.05) is 12.1 Å². The average Bonchev–Trinajstić information content (AvgIpc) is 3.43. The molecule has 3 N–H and O–H groups in total. The standard InChI is InChI=1S/C24H23N5O3S/c30-21(15-4-3-11-25-14-15)28-23-20(18-5-1-2-6-19(18)33-23)22(31)27-16-7-9-17(10-8-16)29-13-12-26-24(29)32/h3-4,7-11,14H,1-2,5-6,12-13H2,(H,26,32)(H,27,31)(H,28,30). The summed E-state index contributed by atoms with van der Waals surface area (Å²) in [5.74, 6) is -0.536. The van der Waals surface area contributed by atoms with Crippen LogP contribution in [-0.4, -0.2) is 35.9 Å². The van der Waals surface area contributed by atoms with Gasteiger partial charge in [0, 0.05) is 41.7 Å². The molecule has 0 spiro atoms. The number of amides is 4. The lowest BCUT2D eigenvalue weighted by Crippen LogP contribution is -2.27. The molecule has 0 radical (unpaired) electrons. The number of carbonyl (C=O) groups is 3. The average molecular weight is 462 g/mol. The van der Waals surface area contributed by atoms with Crippen molar-refractivity contribution in [1.29, 1.82) is 0 Å². The number of pyridine rings is 1. The Morgan fingerprint density at radius 2 is 1.85 bits per heavy atom. The molecule has 2 aromatic heterocycles. The van der Waals surface area contributed by atoms with Crippen LogP contribution in [0.15, 0.2) is 48.8 Å². The Morgan fingerprint density at radius 3 is 2.58 bits per heavy atom. The van der Waals surface area contributed by atoms with Crippen LogP contribution in [0, 0.1) is 0 Å². The second-order valence-electron chi connectivity index (χ2n) is 8.00. The van der Waals surface area contributed by atoms with Gasteiger partial charge in [-0.15, -0.1) is 11.3 Å². The van der Waals surface area contributed by atoms with Crippen molar-refractivity contribution < 1.29 is 14.4 Å². The zero-order chi connectivity index (χ0) is 22.8. The molecule has 5 rings (SSSR count). The molecule has 8 nitrogen and oxygen atoms in total. The first-order valence-electron chi connectivity index (χ1n) is 10.9. The fraction of sp³-hybridized carbons (Fsp3) is 0.250. The van der Waals surface area contributed by atoms with Gasteiger partial charge in [0.15, 0.2) is 0 Å². The van der Waals surface area contributed by atoms with Crippen LogP contribution in [0.1, 0.15) is 44.0 Å². The summed E-state index contributed by atoms with van der Waals surface area (Å²) < 4.78 is 0. The molecule has 3 heterocycles. The molecule has 0 atom stereocenters. The summed E-state index contributed by atoms with van der Waals surface area (Å²) in [4.78, 5) is 44.8. The van der Waals surface area contributed by atoms with Crippen LogP contribution in [0.5, 0.6) is 0 Å². The van der Waals surface area contributed by atoms with Gasteiger partial charge in [0.2, 0.25) is 0 Å². The summed E-state index contributed by atoms with van der Waals surface area (Å²) in [5, 5.41) is 9.24. The lowest BCUT2D eigenvalue weighted by Gasteiger charge is -2.15. The molecule has 4 amide bonds. The largest absolute Gasteiger partial charge is 0.336 e. The highest BCUT2D eigenvalue weighted by Gasteiger charge is 2.27. The number of nitrogens with one attached hydrogen (secondary N) is 3. The molecule has 0 bridgehead atoms. The van der Waals surface area contributed by atoms with E-state index in [4.69, 9.17) is 0 Å². The lowest BCUT2D eigenvalue weighted by atomic mass is 9.95. The molecule has 3 aromatic rings. The zero-order valence-electron chi connectivity index (χ0n) is 17.9. The molecule has 0 saturated carbocycles. The van der Waals surface area contributed by atoms with Crippen molar-refractivity contribution in [2.24, 2.45) is 0 Å². The molecule has 2 aliphatic rings. The first-order valence-corrected chi connectivity index (χ1v) is 11.7. The number of aromatic nitrogens is 1. The lowest BCUT2D eigenvalue weighted by molar-refractivity contribution is 0.102. The minimum atomic E-state index is -0.288. The number of urea groups is 1. The minimum Gasteiger partial charge on any atom is -0.336 e. The predicted octanol–water partition coefficient (Wildman–Crippen LogP) is 4.06. The number of hydrogen-bond donors (Lipinski definition) is 3. The van der Waals surface area contributed by atoms with E-state index in [9.17, 15) is 14.4 Å². The summed E-state index contributed by atoms with van der Waals surface area (Å²) in [5.41, 5.74) is 3.41. The van der Waals surface area contributed by atoms with Crippen LogP contribution in [-0.2, 0) is 12.8 Å². The van der Waals surface area contributed by atoms with Gasteiger partial charge in [0.05, 0.1) is 11.1 Å². The molecule has 1 saturated heterocycles. The van der Waals surface area contributed by atoms with Gasteiger partial charge >= 0.3 is 6.03 Å². The van der Waals surface area contributed by atoms with E-state index in [1.165, 1.54) is 17.5 Å². The summed E-state index contributed by atoms with van der Waals surface area (Å²) >= 11 is 1.48. The van der Waals surface area contributed by atoms with E-state index in [0.29, 0.717) is 34.9 Å². The van der Waals surface area contributed by atoms with Gasteiger partial charge in [0.25, 0.3) is 11.8 Å². The maximum Gasteiger partial charge on any atom is 0.321 e. The number of anilines is 3. The van der Waals surface area contributed by atoms with Crippen molar-refractivity contribution in [1.82, 2.24) is 10.3 Å². The van der Waals surface area contributed by atoms with E-state index in [2.05, 4.69) is 20.9 Å². The minimum absolute atomic E-state index is 0.120. The van der Waals surface area contributed by atoms with Crippen molar-refractivity contribution >= 4 is 45.6 Å². The van der Waals surface area contributed by atoms with Crippen LogP contribution >= 0.6 is 11.3 Å². The maximum absolute atomic E-state index is 13.3. The quantitative estimate of drug-likeness (QED) is 0.533. The van der Waals surface area contributed by atoms with Gasteiger partial charge in [-0.25, -0.2) is 4.79 Å². The fourth-order valence-electron chi connectivity index (χ4n) is 4.20. The highest BCUT2D eigenvalue weighted by Crippen LogP contribution is 2.39. The third-order valence-electron chi connectivity index (χ3n) is 5.84. The Labute approximate surface area is 195 Å². The van der Waals surface area contributed by atoms with E-state index >= 15 is 0 Å². The number of hydrogen-bond acceptors (Lipinski definition) is 5. The number of fused-ring (bicyclic) bond motifs is 1. The van der Waals surface area contributed by atoms with Gasteiger partial charge in [0.1, 0.15) is 5.00 Å². The molecule has 0 unspecified atom stereocenters. The first kappa shape index (κ1) is 21.1. The van der Waals surface area contributed by atoms with Crippen LogP contribution in [0.25, 0.3) is 0 Å². The number of thiophene rings is 1. The maximum atomic E-state index is 13.3. The van der Waals surface area contributed by atoms with E-state index < -0.39 is 0 Å². The summed E-state index contributed by atoms with van der Waals surface area (Å²) in [6.07, 6.45) is 6.95. The SMILES string of the molecule is O=C(Nc1sc2c(c1C(=O)Nc1ccc(N3CCNC3=O)cc1)CCCC2)c1cccnc1. The monoisotopic (exact) mass is 461 g/mol. The van der Waals surface area contributed by atoms with Crippen LogP contribution < -0.4 is 20.9 Å². The Morgan fingerprint density at radius 1 is 1.03 bits per heavy atom. The van der Waals surface area contributed by atoms with E-state index in [0.717, 1.165) is 41.8 Å². The van der Waals surface area contributed by atoms with Crippen molar-refractivity contribution in [2.45, 2.75) is 25.7 Å². The molecule has 1 fully saturated rings. The van der Waals surface area contributed by atoms with Crippen molar-refractivity contribution in [3.63, 3.8) is 0 Å². The number of rotatable bonds is 5. The second kappa shape index (κ2) is 9.03. The molecular weight excluding hydrogens is 438 g/mol. The Kier molecular flexibility index (Phi) is 5.78. The topological polar surface area (TPSA) is 103 Å². The van der Waals surface area contributed by atoms with Crippen molar-refractivity contribution in [3.05, 3.63) is 70.4 Å². The number of benzene rings is 1. The normalized spacial score (nSPS) is 15.0. The van der Waals surface area contributed by atoms with Crippen LogP contribution in [0.3, 0.4) is 0 Å². The van der Waals surface area contributed by atoms with Gasteiger partial charge in [-0.05, 0) is 67.6 Å². The van der Waals surface area contributed by atoms with Gasteiger partial charge in [-0.2, -0.15) is 0 Å². The number of aryl methyl sites for hydroxylation is 1. The summed E-state index contributed by atoms with van der Waals surface area (Å²) in [6, 6.07) is 10.5. The molecule has 168 valence electrons. The molecule has 1 aliphatic heterocycles.